The van der Waals surface area contributed by atoms with Crippen molar-refractivity contribution in [1.82, 2.24) is 0 Å². The molecule has 2 aromatic rings. The normalized spacial score (nSPS) is 10.7. The fraction of sp³-hybridized carbons (Fsp3) is 0.312. The van der Waals surface area contributed by atoms with Crippen molar-refractivity contribution in [3.63, 3.8) is 0 Å². The Morgan fingerprint density at radius 3 is 2.52 bits per heavy atom. The zero-order chi connectivity index (χ0) is 15.4. The topological polar surface area (TPSA) is 59.0 Å². The summed E-state index contributed by atoms with van der Waals surface area (Å²) in [6, 6.07) is 9.36. The van der Waals surface area contributed by atoms with Crippen molar-refractivity contribution >= 4 is 22.4 Å². The van der Waals surface area contributed by atoms with E-state index in [1.54, 1.807) is 20.2 Å². The van der Waals surface area contributed by atoms with E-state index in [1.165, 1.54) is 11.8 Å². The van der Waals surface area contributed by atoms with E-state index in [4.69, 9.17) is 9.47 Å². The van der Waals surface area contributed by atoms with Crippen molar-refractivity contribution in [2.24, 2.45) is 0 Å². The van der Waals surface area contributed by atoms with Crippen LogP contribution in [0, 0.1) is 0 Å². The predicted molar refractivity (Wildman–Crippen MR) is 81.5 cm³/mol. The molecule has 0 saturated carbocycles. The number of carbonyl (C=O) groups excluding carboxylic acids is 1. The maximum absolute atomic E-state index is 11.7. The number of hydrogen-bond acceptors (Lipinski definition) is 4. The van der Waals surface area contributed by atoms with E-state index in [0.29, 0.717) is 17.0 Å². The average molecular weight is 289 g/mol. The maximum atomic E-state index is 11.7. The van der Waals surface area contributed by atoms with E-state index in [0.717, 1.165) is 10.8 Å². The molecule has 0 atom stereocenters. The van der Waals surface area contributed by atoms with Gasteiger partial charge in [0, 0.05) is 38.1 Å². The molecule has 112 valence electrons. The van der Waals surface area contributed by atoms with Crippen LogP contribution >= 0.6 is 0 Å². The number of aliphatic hydroxyl groups excluding tert-OH is 1. The van der Waals surface area contributed by atoms with Crippen molar-refractivity contribution in [3.05, 3.63) is 35.9 Å². The van der Waals surface area contributed by atoms with Crippen LogP contribution in [0.1, 0.15) is 12.5 Å². The van der Waals surface area contributed by atoms with Gasteiger partial charge in [0.25, 0.3) is 0 Å². The highest BCUT2D eigenvalue weighted by Crippen LogP contribution is 2.36. The number of hydrogen-bond donors (Lipinski definition) is 1. The number of benzene rings is 2. The van der Waals surface area contributed by atoms with Gasteiger partial charge >= 0.3 is 0 Å². The highest BCUT2D eigenvalue weighted by molar-refractivity contribution is 6.00. The molecule has 0 aliphatic heterocycles. The molecule has 0 bridgehead atoms. The highest BCUT2D eigenvalue weighted by atomic mass is 16.7. The van der Waals surface area contributed by atoms with Crippen LogP contribution < -0.4 is 9.64 Å². The number of carbonyl (C=O) groups is 1. The summed E-state index contributed by atoms with van der Waals surface area (Å²) in [6.07, 6.45) is 0. The summed E-state index contributed by atoms with van der Waals surface area (Å²) in [6.45, 7) is 1.44. The summed E-state index contributed by atoms with van der Waals surface area (Å²) in [7, 11) is 3.22. The standard InChI is InChI=1S/C16H19NO4/c1-11(19)17(2)15-8-16(21-10-20-3)13-7-5-4-6-12(13)14(15)9-18/h4-8,18H,9-10H2,1-3H3. The first-order valence-electron chi connectivity index (χ1n) is 6.61. The van der Waals surface area contributed by atoms with Gasteiger partial charge in [-0.2, -0.15) is 0 Å². The van der Waals surface area contributed by atoms with E-state index in [1.807, 2.05) is 24.3 Å². The third-order valence-corrected chi connectivity index (χ3v) is 3.42. The number of nitrogens with zero attached hydrogens (tertiary/aromatic N) is 1. The second-order valence-electron chi connectivity index (χ2n) is 4.70. The predicted octanol–water partition coefficient (Wildman–Crippen LogP) is 2.30. The van der Waals surface area contributed by atoms with Gasteiger partial charge in [-0.1, -0.05) is 24.3 Å². The second-order valence-corrected chi connectivity index (χ2v) is 4.70. The zero-order valence-electron chi connectivity index (χ0n) is 12.4. The third kappa shape index (κ3) is 2.99. The fourth-order valence-corrected chi connectivity index (χ4v) is 2.27. The molecule has 2 aromatic carbocycles. The van der Waals surface area contributed by atoms with E-state index >= 15 is 0 Å². The molecule has 0 aliphatic rings. The van der Waals surface area contributed by atoms with Gasteiger partial charge in [-0.3, -0.25) is 4.79 Å². The van der Waals surface area contributed by atoms with Crippen LogP contribution in [0.25, 0.3) is 10.8 Å². The Morgan fingerprint density at radius 1 is 1.29 bits per heavy atom. The van der Waals surface area contributed by atoms with Gasteiger partial charge in [-0.15, -0.1) is 0 Å². The molecule has 0 heterocycles. The van der Waals surface area contributed by atoms with Gasteiger partial charge in [0.1, 0.15) is 5.75 Å². The molecule has 0 saturated heterocycles. The van der Waals surface area contributed by atoms with Crippen LogP contribution in [0.3, 0.4) is 0 Å². The molecule has 0 radical (unpaired) electrons. The number of ether oxygens (including phenoxy) is 2. The summed E-state index contributed by atoms with van der Waals surface area (Å²) in [5.74, 6) is 0.505. The van der Waals surface area contributed by atoms with Crippen LogP contribution in [-0.2, 0) is 16.1 Å². The van der Waals surface area contributed by atoms with E-state index in [9.17, 15) is 9.90 Å². The number of anilines is 1. The van der Waals surface area contributed by atoms with Gasteiger partial charge < -0.3 is 19.5 Å². The Bertz CT molecular complexity index is 654. The molecule has 1 N–H and O–H groups in total. The Morgan fingerprint density at radius 2 is 1.95 bits per heavy atom. The van der Waals surface area contributed by atoms with Crippen LogP contribution in [0.5, 0.6) is 5.75 Å². The van der Waals surface area contributed by atoms with Gasteiger partial charge in [-0.25, -0.2) is 0 Å². The number of methoxy groups -OCH3 is 1. The van der Waals surface area contributed by atoms with Gasteiger partial charge in [0.2, 0.25) is 5.91 Å². The summed E-state index contributed by atoms with van der Waals surface area (Å²) < 4.78 is 10.5. The van der Waals surface area contributed by atoms with Crippen molar-refractivity contribution in [3.8, 4) is 5.75 Å². The first-order valence-corrected chi connectivity index (χ1v) is 6.61. The molecule has 5 nitrogen and oxygen atoms in total. The third-order valence-electron chi connectivity index (χ3n) is 3.42. The first-order chi connectivity index (χ1) is 10.1. The summed E-state index contributed by atoms with van der Waals surface area (Å²) >= 11 is 0. The summed E-state index contributed by atoms with van der Waals surface area (Å²) in [4.78, 5) is 13.2. The lowest BCUT2D eigenvalue weighted by Crippen LogP contribution is -2.24. The molecule has 0 aromatic heterocycles. The maximum Gasteiger partial charge on any atom is 0.223 e. The smallest absolute Gasteiger partial charge is 0.223 e. The van der Waals surface area contributed by atoms with E-state index in [-0.39, 0.29) is 19.3 Å². The quantitative estimate of drug-likeness (QED) is 0.858. The number of amides is 1. The molecule has 0 spiro atoms. The minimum atomic E-state index is -0.155. The van der Waals surface area contributed by atoms with Crippen LogP contribution in [0.4, 0.5) is 5.69 Å². The fourth-order valence-electron chi connectivity index (χ4n) is 2.27. The van der Waals surface area contributed by atoms with E-state index in [2.05, 4.69) is 0 Å². The average Bonchev–Trinajstić information content (AvgIpc) is 2.51. The van der Waals surface area contributed by atoms with Gasteiger partial charge in [0.05, 0.1) is 12.3 Å². The van der Waals surface area contributed by atoms with Crippen LogP contribution in [-0.4, -0.2) is 32.0 Å². The van der Waals surface area contributed by atoms with Crippen molar-refractivity contribution in [2.45, 2.75) is 13.5 Å². The SMILES string of the molecule is COCOc1cc(N(C)C(C)=O)c(CO)c2ccccc12. The molecule has 0 aliphatic carbocycles. The Hall–Kier alpha value is -2.11. The Kier molecular flexibility index (Phi) is 4.77. The zero-order valence-corrected chi connectivity index (χ0v) is 12.4. The molecular weight excluding hydrogens is 270 g/mol. The number of fused-ring (bicyclic) bond motifs is 1. The van der Waals surface area contributed by atoms with Crippen LogP contribution in [0.2, 0.25) is 0 Å². The largest absolute Gasteiger partial charge is 0.467 e. The first kappa shape index (κ1) is 15.3. The molecule has 2 rings (SSSR count). The summed E-state index contributed by atoms with van der Waals surface area (Å²) in [5.41, 5.74) is 1.34. The van der Waals surface area contributed by atoms with E-state index < -0.39 is 0 Å². The molecule has 21 heavy (non-hydrogen) atoms. The Labute approximate surface area is 123 Å². The molecule has 1 amide bonds. The number of aliphatic hydroxyl groups is 1. The molecule has 0 unspecified atom stereocenters. The lowest BCUT2D eigenvalue weighted by atomic mass is 10.0. The van der Waals surface area contributed by atoms with Gasteiger partial charge in [0.15, 0.2) is 6.79 Å². The Balaban J connectivity index is 2.69. The second kappa shape index (κ2) is 6.56. The van der Waals surface area contributed by atoms with Crippen molar-refractivity contribution < 1.29 is 19.4 Å². The number of rotatable bonds is 5. The molecule has 5 heteroatoms. The monoisotopic (exact) mass is 289 g/mol. The minimum absolute atomic E-state index is 0.113. The minimum Gasteiger partial charge on any atom is -0.467 e. The van der Waals surface area contributed by atoms with Crippen LogP contribution in [0.15, 0.2) is 30.3 Å². The molecular formula is C16H19NO4. The summed E-state index contributed by atoms with van der Waals surface area (Å²) in [5, 5.41) is 11.4. The lowest BCUT2D eigenvalue weighted by Gasteiger charge is -2.22. The highest BCUT2D eigenvalue weighted by Gasteiger charge is 2.17. The van der Waals surface area contributed by atoms with Crippen molar-refractivity contribution in [2.75, 3.05) is 25.9 Å². The lowest BCUT2D eigenvalue weighted by molar-refractivity contribution is -0.116. The van der Waals surface area contributed by atoms with Crippen molar-refractivity contribution in [1.29, 1.82) is 0 Å². The molecule has 0 fully saturated rings. The van der Waals surface area contributed by atoms with Gasteiger partial charge in [-0.05, 0) is 5.39 Å².